The van der Waals surface area contributed by atoms with Gasteiger partial charge in [0.25, 0.3) is 5.91 Å². The molecule has 2 aromatic heterocycles. The predicted molar refractivity (Wildman–Crippen MR) is 140 cm³/mol. The number of amides is 1. The molecule has 35 heavy (non-hydrogen) atoms. The van der Waals surface area contributed by atoms with E-state index in [1.807, 2.05) is 46.8 Å². The molecule has 0 unspecified atom stereocenters. The van der Waals surface area contributed by atoms with E-state index in [4.69, 9.17) is 5.10 Å². The number of carbonyl (C=O) groups is 1. The molecular weight excluding hydrogens is 434 g/mol. The zero-order valence-electron chi connectivity index (χ0n) is 21.3. The fourth-order valence-corrected chi connectivity index (χ4v) is 5.43. The number of aryl methyl sites for hydroxylation is 2. The number of aromatic nitrogens is 3. The summed E-state index contributed by atoms with van der Waals surface area (Å²) in [6.07, 6.45) is 18.4. The number of carbonyl (C=O) groups excluding carboxylic acids is 1. The van der Waals surface area contributed by atoms with Crippen molar-refractivity contribution in [3.8, 4) is 0 Å². The van der Waals surface area contributed by atoms with Gasteiger partial charge in [-0.25, -0.2) is 4.52 Å². The maximum absolute atomic E-state index is 13.5. The Kier molecular flexibility index (Phi) is 6.56. The standard InChI is InChI=1S/C29H35N5O/c1-5-12-32-13-10-22(11-14-32)24-15-20(3)27-9-7-8-23(16-29(35)33(27)19-24)26-17-28-25(6-2)30-21(4)18-34(28)31-26/h7-9,15-19,22H,5-6,10-14H2,1-4H3/b8-7+,23-16+,27-9?. The van der Waals surface area contributed by atoms with Crippen molar-refractivity contribution in [3.63, 3.8) is 0 Å². The molecule has 1 fully saturated rings. The normalized spacial score (nSPS) is 22.1. The van der Waals surface area contributed by atoms with Crippen LogP contribution in [0.25, 0.3) is 11.1 Å². The van der Waals surface area contributed by atoms with Gasteiger partial charge in [0, 0.05) is 17.8 Å². The Morgan fingerprint density at radius 3 is 2.66 bits per heavy atom. The topological polar surface area (TPSA) is 53.7 Å². The maximum atomic E-state index is 13.5. The van der Waals surface area contributed by atoms with E-state index in [1.165, 1.54) is 18.5 Å². The first-order chi connectivity index (χ1) is 17.0. The Morgan fingerprint density at radius 1 is 1.11 bits per heavy atom. The lowest BCUT2D eigenvalue weighted by molar-refractivity contribution is -0.122. The summed E-state index contributed by atoms with van der Waals surface area (Å²) in [7, 11) is 0. The molecule has 5 rings (SSSR count). The summed E-state index contributed by atoms with van der Waals surface area (Å²) in [6.45, 7) is 11.9. The monoisotopic (exact) mass is 469 g/mol. The van der Waals surface area contributed by atoms with Crippen LogP contribution in [0.1, 0.15) is 57.1 Å². The third kappa shape index (κ3) is 4.67. The number of rotatable bonds is 5. The first-order valence-corrected chi connectivity index (χ1v) is 12.9. The van der Waals surface area contributed by atoms with E-state index < -0.39 is 0 Å². The van der Waals surface area contributed by atoms with Gasteiger partial charge in [-0.05, 0) is 88.4 Å². The molecule has 0 radical (unpaired) electrons. The third-order valence-electron chi connectivity index (χ3n) is 7.25. The molecule has 3 aliphatic rings. The molecular formula is C29H35N5O. The van der Waals surface area contributed by atoms with Crippen LogP contribution in [0.2, 0.25) is 0 Å². The van der Waals surface area contributed by atoms with Gasteiger partial charge in [-0.15, -0.1) is 0 Å². The molecule has 0 bridgehead atoms. The largest absolute Gasteiger partial charge is 0.303 e. The lowest BCUT2D eigenvalue weighted by atomic mass is 9.86. The highest BCUT2D eigenvalue weighted by Crippen LogP contribution is 2.34. The number of fused-ring (bicyclic) bond motifs is 2. The second-order valence-electron chi connectivity index (χ2n) is 9.83. The molecule has 0 aromatic carbocycles. The summed E-state index contributed by atoms with van der Waals surface area (Å²) in [5.41, 5.74) is 7.87. The van der Waals surface area contributed by atoms with Crippen molar-refractivity contribution in [2.24, 2.45) is 5.92 Å². The van der Waals surface area contributed by atoms with E-state index in [1.54, 1.807) is 6.08 Å². The van der Waals surface area contributed by atoms with E-state index in [0.717, 1.165) is 71.8 Å². The second kappa shape index (κ2) is 9.78. The summed E-state index contributed by atoms with van der Waals surface area (Å²) in [6, 6.07) is 2.04. The molecule has 1 saturated heterocycles. The summed E-state index contributed by atoms with van der Waals surface area (Å²) in [5, 5.41) is 4.78. The number of nitrogens with zero attached hydrogens (tertiary/aromatic N) is 5. The molecule has 6 heteroatoms. The van der Waals surface area contributed by atoms with Crippen molar-refractivity contribution in [1.29, 1.82) is 0 Å². The van der Waals surface area contributed by atoms with Crippen LogP contribution in [-0.2, 0) is 11.2 Å². The first-order valence-electron chi connectivity index (χ1n) is 12.9. The van der Waals surface area contributed by atoms with Crippen LogP contribution in [0.15, 0.2) is 65.7 Å². The van der Waals surface area contributed by atoms with Gasteiger partial charge in [-0.3, -0.25) is 14.7 Å². The van der Waals surface area contributed by atoms with Crippen LogP contribution in [0.4, 0.5) is 0 Å². The minimum atomic E-state index is -0.0361. The number of likely N-dealkylation sites (tertiary alicyclic amines) is 1. The summed E-state index contributed by atoms with van der Waals surface area (Å²) in [5.74, 6) is 0.463. The van der Waals surface area contributed by atoms with Gasteiger partial charge in [0.2, 0.25) is 0 Å². The van der Waals surface area contributed by atoms with Gasteiger partial charge in [-0.2, -0.15) is 5.10 Å². The zero-order valence-corrected chi connectivity index (χ0v) is 21.3. The Hall–Kier alpha value is -3.25. The lowest BCUT2D eigenvalue weighted by Gasteiger charge is -2.35. The molecule has 0 spiro atoms. The molecule has 1 amide bonds. The average molecular weight is 470 g/mol. The number of allylic oxidation sites excluding steroid dienone is 7. The van der Waals surface area contributed by atoms with Gasteiger partial charge in [0.15, 0.2) is 0 Å². The maximum Gasteiger partial charge on any atom is 0.255 e. The SMILES string of the molecule is CCCN1CCC(C2=CN3C(=O)/C=C(c4cc5c(CC)nc(C)cn5n4)\C=C\C=C3C(C)=C2)CC1. The van der Waals surface area contributed by atoms with E-state index in [9.17, 15) is 4.79 Å². The minimum Gasteiger partial charge on any atom is -0.303 e. The van der Waals surface area contributed by atoms with Crippen molar-refractivity contribution in [1.82, 2.24) is 24.4 Å². The van der Waals surface area contributed by atoms with Gasteiger partial charge in [0.05, 0.1) is 34.5 Å². The number of piperidine rings is 1. The van der Waals surface area contributed by atoms with Crippen LogP contribution >= 0.6 is 0 Å². The fourth-order valence-electron chi connectivity index (χ4n) is 5.43. The molecule has 0 saturated carbocycles. The van der Waals surface area contributed by atoms with E-state index in [0.29, 0.717) is 5.92 Å². The summed E-state index contributed by atoms with van der Waals surface area (Å²) < 4.78 is 1.88. The van der Waals surface area contributed by atoms with Gasteiger partial charge in [-0.1, -0.05) is 32.1 Å². The van der Waals surface area contributed by atoms with Crippen molar-refractivity contribution in [2.45, 2.75) is 53.4 Å². The average Bonchev–Trinajstić information content (AvgIpc) is 3.26. The predicted octanol–water partition coefficient (Wildman–Crippen LogP) is 5.23. The number of hydrogen-bond acceptors (Lipinski definition) is 4. The van der Waals surface area contributed by atoms with Gasteiger partial charge >= 0.3 is 0 Å². The minimum absolute atomic E-state index is 0.0361. The molecule has 5 heterocycles. The van der Waals surface area contributed by atoms with Crippen molar-refractivity contribution in [3.05, 3.63) is 82.8 Å². The molecule has 0 aliphatic carbocycles. The molecule has 0 N–H and O–H groups in total. The van der Waals surface area contributed by atoms with Crippen LogP contribution in [0.3, 0.4) is 0 Å². The zero-order chi connectivity index (χ0) is 24.5. The molecule has 6 nitrogen and oxygen atoms in total. The fraction of sp³-hybridized carbons (Fsp3) is 0.414. The van der Waals surface area contributed by atoms with Crippen LogP contribution in [-0.4, -0.2) is 49.9 Å². The summed E-state index contributed by atoms with van der Waals surface area (Å²) >= 11 is 0. The van der Waals surface area contributed by atoms with E-state index in [-0.39, 0.29) is 5.91 Å². The van der Waals surface area contributed by atoms with E-state index >= 15 is 0 Å². The Bertz CT molecular complexity index is 1300. The quantitative estimate of drug-likeness (QED) is 0.602. The highest BCUT2D eigenvalue weighted by Gasteiger charge is 2.27. The summed E-state index contributed by atoms with van der Waals surface area (Å²) in [4.78, 5) is 22.6. The first kappa shape index (κ1) is 23.5. The smallest absolute Gasteiger partial charge is 0.255 e. The highest BCUT2D eigenvalue weighted by molar-refractivity contribution is 6.00. The van der Waals surface area contributed by atoms with Crippen LogP contribution < -0.4 is 0 Å². The van der Waals surface area contributed by atoms with Crippen molar-refractivity contribution in [2.75, 3.05) is 19.6 Å². The third-order valence-corrected chi connectivity index (χ3v) is 7.25. The number of hydrogen-bond donors (Lipinski definition) is 0. The van der Waals surface area contributed by atoms with Crippen LogP contribution in [0.5, 0.6) is 0 Å². The van der Waals surface area contributed by atoms with Crippen molar-refractivity contribution < 1.29 is 4.79 Å². The van der Waals surface area contributed by atoms with Crippen LogP contribution in [0, 0.1) is 12.8 Å². The van der Waals surface area contributed by atoms with Gasteiger partial charge in [0.1, 0.15) is 0 Å². The molecule has 3 aliphatic heterocycles. The van der Waals surface area contributed by atoms with Crippen molar-refractivity contribution >= 4 is 17.0 Å². The Balaban J connectivity index is 1.45. The molecule has 0 atom stereocenters. The Labute approximate surface area is 208 Å². The van der Waals surface area contributed by atoms with Gasteiger partial charge < -0.3 is 4.90 Å². The second-order valence-corrected chi connectivity index (χ2v) is 9.83. The Morgan fingerprint density at radius 2 is 1.91 bits per heavy atom. The van der Waals surface area contributed by atoms with E-state index in [2.05, 4.69) is 42.9 Å². The molecule has 182 valence electrons. The molecule has 2 aromatic rings. The highest BCUT2D eigenvalue weighted by atomic mass is 16.2. The lowest BCUT2D eigenvalue weighted by Crippen LogP contribution is -2.35.